The van der Waals surface area contributed by atoms with Gasteiger partial charge in [-0.3, -0.25) is 8.98 Å². The number of benzene rings is 1. The van der Waals surface area contributed by atoms with E-state index in [9.17, 15) is 13.2 Å². The first-order chi connectivity index (χ1) is 15.2. The van der Waals surface area contributed by atoms with Crippen molar-refractivity contribution in [3.05, 3.63) is 42.5 Å². The summed E-state index contributed by atoms with van der Waals surface area (Å²) in [6.07, 6.45) is 2.96. The lowest BCUT2D eigenvalue weighted by Gasteiger charge is -2.16. The van der Waals surface area contributed by atoms with E-state index < -0.39 is 22.3 Å². The number of methoxy groups -OCH3 is 1. The number of carbonyl (C=O) groups excluding carboxylic acids is 1. The minimum atomic E-state index is -4.35. The third-order valence-electron chi connectivity index (χ3n) is 4.66. The largest absolute Gasteiger partial charge is 0.398 e. The second-order valence-electron chi connectivity index (χ2n) is 7.11. The minimum absolute atomic E-state index is 0.0361. The predicted molar refractivity (Wildman–Crippen MR) is 118 cm³/mol. The number of para-hydroxylation sites is 1. The first-order valence-electron chi connectivity index (χ1n) is 9.63. The number of nitrogen functional groups attached to an aromatic ring is 1. The molecule has 0 radical (unpaired) electrons. The number of fused-ring (bicyclic) bond motifs is 1. The number of aromatic nitrogens is 4. The average molecular weight is 464 g/mol. The molecule has 2 heterocycles. The minimum Gasteiger partial charge on any atom is -0.398 e. The van der Waals surface area contributed by atoms with Gasteiger partial charge in [0.1, 0.15) is 6.33 Å². The Balaban J connectivity index is 1.59. The van der Waals surface area contributed by atoms with E-state index in [1.165, 1.54) is 25.6 Å². The van der Waals surface area contributed by atoms with E-state index in [4.69, 9.17) is 14.7 Å². The molecule has 3 rings (SSSR count). The summed E-state index contributed by atoms with van der Waals surface area (Å²) in [4.78, 5) is 26.9. The molecule has 2 aromatic heterocycles. The van der Waals surface area contributed by atoms with Crippen LogP contribution in [0.5, 0.6) is 0 Å². The number of ether oxygens (including phenoxy) is 1. The fourth-order valence-corrected chi connectivity index (χ4v) is 3.71. The standard InChI is InChI=1S/C19H25N7O5S/c1-25(2)17-16-18(22-11-21-17)26(12-23-16)9-8-13(30-3)10-31-32(28,29)24-19(27)14-6-4-5-7-15(14)20/h4-7,11-13H,8-10,20H2,1-3H3,(H,24,27). The van der Waals surface area contributed by atoms with Crippen molar-refractivity contribution >= 4 is 38.9 Å². The van der Waals surface area contributed by atoms with Crippen LogP contribution in [0.4, 0.5) is 11.5 Å². The van der Waals surface area contributed by atoms with E-state index in [2.05, 4.69) is 15.0 Å². The number of carbonyl (C=O) groups is 1. The van der Waals surface area contributed by atoms with Crippen molar-refractivity contribution in [2.45, 2.75) is 19.1 Å². The first kappa shape index (κ1) is 23.4. The number of nitrogens with zero attached hydrogens (tertiary/aromatic N) is 5. The van der Waals surface area contributed by atoms with E-state index in [-0.39, 0.29) is 17.9 Å². The van der Waals surface area contributed by atoms with Gasteiger partial charge in [-0.15, -0.1) is 0 Å². The quantitative estimate of drug-likeness (QED) is 0.408. The highest BCUT2D eigenvalue weighted by atomic mass is 32.2. The molecular weight excluding hydrogens is 438 g/mol. The molecule has 0 saturated carbocycles. The monoisotopic (exact) mass is 463 g/mol. The molecule has 32 heavy (non-hydrogen) atoms. The summed E-state index contributed by atoms with van der Waals surface area (Å²) < 4.78 is 38.3. The molecule has 0 aliphatic heterocycles. The van der Waals surface area contributed by atoms with E-state index in [1.807, 2.05) is 28.3 Å². The summed E-state index contributed by atoms with van der Waals surface area (Å²) in [5.74, 6) is -0.181. The van der Waals surface area contributed by atoms with Crippen molar-refractivity contribution in [1.82, 2.24) is 24.2 Å². The lowest BCUT2D eigenvalue weighted by atomic mass is 10.2. The summed E-state index contributed by atoms with van der Waals surface area (Å²) in [5.41, 5.74) is 7.21. The summed E-state index contributed by atoms with van der Waals surface area (Å²) in [7, 11) is 0.824. The highest BCUT2D eigenvalue weighted by molar-refractivity contribution is 7.85. The number of amides is 1. The molecule has 0 bridgehead atoms. The Kier molecular flexibility index (Phi) is 7.22. The third kappa shape index (κ3) is 5.49. The molecule has 1 aromatic carbocycles. The average Bonchev–Trinajstić information content (AvgIpc) is 3.16. The highest BCUT2D eigenvalue weighted by Gasteiger charge is 2.21. The van der Waals surface area contributed by atoms with Gasteiger partial charge in [0, 0.05) is 33.4 Å². The zero-order valence-corrected chi connectivity index (χ0v) is 18.7. The van der Waals surface area contributed by atoms with Gasteiger partial charge in [0.25, 0.3) is 5.91 Å². The van der Waals surface area contributed by atoms with Crippen LogP contribution in [0.15, 0.2) is 36.9 Å². The molecule has 3 N–H and O–H groups in total. The number of nitrogens with one attached hydrogen (secondary N) is 1. The van der Waals surface area contributed by atoms with Gasteiger partial charge in [0.05, 0.1) is 24.6 Å². The van der Waals surface area contributed by atoms with Crippen LogP contribution in [0.2, 0.25) is 0 Å². The van der Waals surface area contributed by atoms with Crippen LogP contribution in [-0.4, -0.2) is 67.8 Å². The van der Waals surface area contributed by atoms with Crippen LogP contribution < -0.4 is 15.4 Å². The van der Waals surface area contributed by atoms with Gasteiger partial charge in [0.15, 0.2) is 17.0 Å². The van der Waals surface area contributed by atoms with Crippen molar-refractivity contribution in [2.24, 2.45) is 0 Å². The van der Waals surface area contributed by atoms with Crippen LogP contribution in [-0.2, 0) is 25.8 Å². The molecule has 12 nitrogen and oxygen atoms in total. The van der Waals surface area contributed by atoms with Gasteiger partial charge in [-0.1, -0.05) is 12.1 Å². The van der Waals surface area contributed by atoms with Crippen molar-refractivity contribution in [2.75, 3.05) is 38.4 Å². The molecule has 172 valence electrons. The summed E-state index contributed by atoms with van der Waals surface area (Å²) in [6, 6.07) is 6.12. The fraction of sp³-hybridized carbons (Fsp3) is 0.368. The zero-order valence-electron chi connectivity index (χ0n) is 17.9. The molecule has 0 aliphatic carbocycles. The Bertz CT molecular complexity index is 1200. The van der Waals surface area contributed by atoms with Gasteiger partial charge in [-0.05, 0) is 18.6 Å². The third-order valence-corrected chi connectivity index (χ3v) is 5.54. The van der Waals surface area contributed by atoms with Gasteiger partial charge in [-0.25, -0.2) is 19.7 Å². The fourth-order valence-electron chi connectivity index (χ4n) is 2.98. The van der Waals surface area contributed by atoms with Crippen molar-refractivity contribution < 1.29 is 22.1 Å². The number of aryl methyl sites for hydroxylation is 1. The van der Waals surface area contributed by atoms with Gasteiger partial charge < -0.3 is 19.9 Å². The van der Waals surface area contributed by atoms with Crippen LogP contribution in [0.1, 0.15) is 16.8 Å². The zero-order chi connectivity index (χ0) is 23.3. The topological polar surface area (TPSA) is 155 Å². The van der Waals surface area contributed by atoms with Crippen LogP contribution in [0.25, 0.3) is 11.2 Å². The van der Waals surface area contributed by atoms with E-state index in [0.29, 0.717) is 29.9 Å². The van der Waals surface area contributed by atoms with E-state index >= 15 is 0 Å². The number of hydrogen-bond donors (Lipinski definition) is 2. The Hall–Kier alpha value is -3.29. The number of hydrogen-bond acceptors (Lipinski definition) is 10. The van der Waals surface area contributed by atoms with Gasteiger partial charge in [-0.2, -0.15) is 8.42 Å². The van der Waals surface area contributed by atoms with Gasteiger partial charge in [0.2, 0.25) is 0 Å². The Morgan fingerprint density at radius 2 is 2.00 bits per heavy atom. The Labute approximate surface area is 185 Å². The van der Waals surface area contributed by atoms with E-state index in [1.54, 1.807) is 18.5 Å². The number of imidazole rings is 1. The van der Waals surface area contributed by atoms with Crippen LogP contribution >= 0.6 is 0 Å². The lowest BCUT2D eigenvalue weighted by molar-refractivity contribution is 0.0504. The summed E-state index contributed by atoms with van der Waals surface area (Å²) in [6.45, 7) is 0.170. The second-order valence-corrected chi connectivity index (χ2v) is 8.45. The van der Waals surface area contributed by atoms with Crippen LogP contribution in [0.3, 0.4) is 0 Å². The molecule has 1 atom stereocenters. The highest BCUT2D eigenvalue weighted by Crippen LogP contribution is 2.20. The number of nitrogens with two attached hydrogens (primary N) is 1. The van der Waals surface area contributed by atoms with E-state index in [0.717, 1.165) is 0 Å². The first-order valence-corrected chi connectivity index (χ1v) is 11.0. The molecule has 1 unspecified atom stereocenters. The maximum Gasteiger partial charge on any atom is 0.362 e. The summed E-state index contributed by atoms with van der Waals surface area (Å²) >= 11 is 0. The lowest BCUT2D eigenvalue weighted by Crippen LogP contribution is -2.34. The van der Waals surface area contributed by atoms with Crippen molar-refractivity contribution in [1.29, 1.82) is 0 Å². The smallest absolute Gasteiger partial charge is 0.362 e. The predicted octanol–water partition coefficient (Wildman–Crippen LogP) is 0.571. The summed E-state index contributed by atoms with van der Waals surface area (Å²) in [5, 5.41) is 0. The molecule has 0 fully saturated rings. The maximum absolute atomic E-state index is 12.2. The number of anilines is 2. The van der Waals surface area contributed by atoms with Crippen molar-refractivity contribution in [3.8, 4) is 0 Å². The molecule has 13 heteroatoms. The van der Waals surface area contributed by atoms with Gasteiger partial charge >= 0.3 is 10.3 Å². The Morgan fingerprint density at radius 3 is 2.69 bits per heavy atom. The molecule has 0 saturated heterocycles. The number of rotatable bonds is 10. The molecular formula is C19H25N7O5S. The normalized spacial score (nSPS) is 12.6. The van der Waals surface area contributed by atoms with Crippen molar-refractivity contribution in [3.63, 3.8) is 0 Å². The SMILES string of the molecule is COC(CCn1cnc2c(N(C)C)ncnc21)COS(=O)(=O)NC(=O)c1ccccc1N. The molecule has 3 aromatic rings. The molecule has 0 spiro atoms. The molecule has 1 amide bonds. The Morgan fingerprint density at radius 1 is 1.25 bits per heavy atom. The maximum atomic E-state index is 12.2. The van der Waals surface area contributed by atoms with Crippen LogP contribution in [0, 0.1) is 0 Å². The molecule has 0 aliphatic rings. The second kappa shape index (κ2) is 9.89.